The monoisotopic (exact) mass is 497 g/mol. The smallest absolute Gasteiger partial charge is 0.406 e. The van der Waals surface area contributed by atoms with Crippen molar-refractivity contribution in [3.8, 4) is 5.75 Å². The number of hydrogen-bond acceptors (Lipinski definition) is 5. The van der Waals surface area contributed by atoms with Crippen molar-refractivity contribution in [1.82, 2.24) is 14.2 Å². The van der Waals surface area contributed by atoms with Gasteiger partial charge in [0.25, 0.3) is 0 Å². The Morgan fingerprint density at radius 2 is 1.82 bits per heavy atom. The number of piperidine rings is 1. The average molecular weight is 498 g/mol. The summed E-state index contributed by atoms with van der Waals surface area (Å²) in [7, 11) is -4.02. The van der Waals surface area contributed by atoms with Gasteiger partial charge in [-0.1, -0.05) is 12.1 Å². The summed E-state index contributed by atoms with van der Waals surface area (Å²) in [5, 5.41) is 0. The second-order valence-corrected chi connectivity index (χ2v) is 10.5. The van der Waals surface area contributed by atoms with Crippen molar-refractivity contribution in [1.29, 1.82) is 0 Å². The topological polar surface area (TPSA) is 79.8 Å². The van der Waals surface area contributed by atoms with Crippen molar-refractivity contribution in [3.63, 3.8) is 0 Å². The Morgan fingerprint density at radius 1 is 1.12 bits per heavy atom. The predicted octanol–water partition coefficient (Wildman–Crippen LogP) is 4.13. The normalized spacial score (nSPS) is 18.9. The Balaban J connectivity index is 1.43. The molecular formula is C23H26F3N3O4S. The van der Waals surface area contributed by atoms with E-state index in [-0.39, 0.29) is 41.9 Å². The van der Waals surface area contributed by atoms with E-state index < -0.39 is 22.1 Å². The van der Waals surface area contributed by atoms with Gasteiger partial charge >= 0.3 is 6.36 Å². The first kappa shape index (κ1) is 24.5. The molecule has 1 saturated carbocycles. The molecule has 0 radical (unpaired) electrons. The zero-order valence-corrected chi connectivity index (χ0v) is 19.4. The SMILES string of the molecule is CC(c1ccccn1)N(C(=O)C1CCN(S(=O)(=O)c2cccc(OC(F)(F)F)c2)CC1)C1CC1. The molecule has 1 aromatic heterocycles. The molecule has 2 heterocycles. The average Bonchev–Trinajstić information content (AvgIpc) is 3.64. The molecule has 0 spiro atoms. The molecule has 1 saturated heterocycles. The molecule has 1 aliphatic carbocycles. The first-order valence-corrected chi connectivity index (χ1v) is 12.6. The third-order valence-electron chi connectivity index (χ3n) is 6.21. The van der Waals surface area contributed by atoms with Gasteiger partial charge in [0.1, 0.15) is 5.75 Å². The van der Waals surface area contributed by atoms with E-state index in [1.165, 1.54) is 16.4 Å². The van der Waals surface area contributed by atoms with Crippen LogP contribution in [-0.2, 0) is 14.8 Å². The quantitative estimate of drug-likeness (QED) is 0.575. The Hall–Kier alpha value is -2.66. The number of carbonyl (C=O) groups excluding carboxylic acids is 1. The summed E-state index contributed by atoms with van der Waals surface area (Å²) < 4.78 is 68.6. The minimum atomic E-state index is -4.92. The third-order valence-corrected chi connectivity index (χ3v) is 8.10. The van der Waals surface area contributed by atoms with Crippen LogP contribution in [0.3, 0.4) is 0 Å². The first-order chi connectivity index (χ1) is 16.1. The molecule has 1 unspecified atom stereocenters. The van der Waals surface area contributed by atoms with Crippen LogP contribution in [0.4, 0.5) is 13.2 Å². The molecule has 1 aliphatic heterocycles. The number of ether oxygens (including phenoxy) is 1. The van der Waals surface area contributed by atoms with Crippen molar-refractivity contribution in [3.05, 3.63) is 54.4 Å². The number of aromatic nitrogens is 1. The fraction of sp³-hybridized carbons (Fsp3) is 0.478. The minimum absolute atomic E-state index is 0.00160. The van der Waals surface area contributed by atoms with Crippen LogP contribution in [0.2, 0.25) is 0 Å². The number of rotatable bonds is 7. The standard InChI is InChI=1S/C23H26F3N3O4S/c1-16(21-7-2-3-12-27-21)29(18-8-9-18)22(30)17-10-13-28(14-11-17)34(31,32)20-6-4-5-19(15-20)33-23(24,25)26/h2-7,12,15-18H,8-11,13-14H2,1H3. The van der Waals surface area contributed by atoms with E-state index in [0.29, 0.717) is 12.8 Å². The number of hydrogen-bond donors (Lipinski definition) is 0. The molecule has 1 amide bonds. The summed E-state index contributed by atoms with van der Waals surface area (Å²) in [6.07, 6.45) is -0.663. The Labute approximate surface area is 196 Å². The fourth-order valence-corrected chi connectivity index (χ4v) is 5.85. The van der Waals surface area contributed by atoms with Crippen LogP contribution in [0, 0.1) is 5.92 Å². The van der Waals surface area contributed by atoms with Gasteiger partial charge in [0.2, 0.25) is 15.9 Å². The molecule has 0 N–H and O–H groups in total. The largest absolute Gasteiger partial charge is 0.573 e. The van der Waals surface area contributed by atoms with Gasteiger partial charge in [0.15, 0.2) is 0 Å². The second-order valence-electron chi connectivity index (χ2n) is 8.61. The number of halogens is 3. The maximum Gasteiger partial charge on any atom is 0.573 e. The summed E-state index contributed by atoms with van der Waals surface area (Å²) in [5.41, 5.74) is 0.809. The van der Waals surface area contributed by atoms with Gasteiger partial charge in [0, 0.05) is 37.3 Å². The van der Waals surface area contributed by atoms with Crippen molar-refractivity contribution < 1.29 is 31.1 Å². The van der Waals surface area contributed by atoms with Crippen LogP contribution in [0.25, 0.3) is 0 Å². The van der Waals surface area contributed by atoms with Crippen LogP contribution in [-0.4, -0.2) is 54.0 Å². The third kappa shape index (κ3) is 5.52. The van der Waals surface area contributed by atoms with Crippen LogP contribution in [0.1, 0.15) is 44.3 Å². The van der Waals surface area contributed by atoms with Crippen LogP contribution < -0.4 is 4.74 Å². The summed E-state index contributed by atoms with van der Waals surface area (Å²) >= 11 is 0. The Kier molecular flexibility index (Phi) is 6.86. The molecular weight excluding hydrogens is 471 g/mol. The predicted molar refractivity (Wildman–Crippen MR) is 117 cm³/mol. The number of nitrogens with zero attached hydrogens (tertiary/aromatic N) is 3. The van der Waals surface area contributed by atoms with E-state index in [0.717, 1.165) is 30.7 Å². The molecule has 1 aromatic carbocycles. The lowest BCUT2D eigenvalue weighted by Gasteiger charge is -2.36. The van der Waals surface area contributed by atoms with E-state index >= 15 is 0 Å². The number of carbonyl (C=O) groups is 1. The molecule has 1 atom stereocenters. The summed E-state index contributed by atoms with van der Waals surface area (Å²) in [6, 6.07) is 9.93. The fourth-order valence-electron chi connectivity index (χ4n) is 4.34. The zero-order chi connectivity index (χ0) is 24.5. The molecule has 0 bridgehead atoms. The highest BCUT2D eigenvalue weighted by Crippen LogP contribution is 2.37. The molecule has 7 nitrogen and oxygen atoms in total. The summed E-state index contributed by atoms with van der Waals surface area (Å²) in [5.74, 6) is -0.918. The number of pyridine rings is 1. The van der Waals surface area contributed by atoms with Gasteiger partial charge in [-0.25, -0.2) is 8.42 Å². The summed E-state index contributed by atoms with van der Waals surface area (Å²) in [6.45, 7) is 2.17. The van der Waals surface area contributed by atoms with E-state index in [1.807, 2.05) is 30.0 Å². The van der Waals surface area contributed by atoms with Gasteiger partial charge in [-0.3, -0.25) is 9.78 Å². The van der Waals surface area contributed by atoms with Crippen LogP contribution in [0.15, 0.2) is 53.6 Å². The first-order valence-electron chi connectivity index (χ1n) is 11.2. The zero-order valence-electron chi connectivity index (χ0n) is 18.6. The molecule has 2 aliphatic rings. The highest BCUT2D eigenvalue weighted by molar-refractivity contribution is 7.89. The van der Waals surface area contributed by atoms with Gasteiger partial charge < -0.3 is 9.64 Å². The van der Waals surface area contributed by atoms with Gasteiger partial charge in [0.05, 0.1) is 16.6 Å². The molecule has 4 rings (SSSR count). The molecule has 184 valence electrons. The van der Waals surface area contributed by atoms with Gasteiger partial charge in [-0.05, 0) is 56.9 Å². The van der Waals surface area contributed by atoms with E-state index in [2.05, 4.69) is 9.72 Å². The lowest BCUT2D eigenvalue weighted by molar-refractivity contribution is -0.274. The summed E-state index contributed by atoms with van der Waals surface area (Å²) in [4.78, 5) is 19.4. The number of alkyl halides is 3. The lowest BCUT2D eigenvalue weighted by atomic mass is 9.95. The Morgan fingerprint density at radius 3 is 2.41 bits per heavy atom. The molecule has 11 heteroatoms. The minimum Gasteiger partial charge on any atom is -0.406 e. The lowest BCUT2D eigenvalue weighted by Crippen LogP contribution is -2.45. The Bertz CT molecular complexity index is 1120. The maximum atomic E-state index is 13.4. The maximum absolute atomic E-state index is 13.4. The highest BCUT2D eigenvalue weighted by Gasteiger charge is 2.41. The van der Waals surface area contributed by atoms with Crippen molar-refractivity contribution in [2.24, 2.45) is 5.92 Å². The second kappa shape index (κ2) is 9.53. The highest BCUT2D eigenvalue weighted by atomic mass is 32.2. The van der Waals surface area contributed by atoms with Crippen LogP contribution in [0.5, 0.6) is 5.75 Å². The number of sulfonamides is 1. The number of amides is 1. The number of benzene rings is 1. The van der Waals surface area contributed by atoms with Crippen molar-refractivity contribution in [2.75, 3.05) is 13.1 Å². The van der Waals surface area contributed by atoms with Gasteiger partial charge in [-0.2, -0.15) is 4.31 Å². The van der Waals surface area contributed by atoms with Crippen LogP contribution >= 0.6 is 0 Å². The van der Waals surface area contributed by atoms with Crippen molar-refractivity contribution >= 4 is 15.9 Å². The van der Waals surface area contributed by atoms with Crippen molar-refractivity contribution in [2.45, 2.75) is 55.9 Å². The van der Waals surface area contributed by atoms with E-state index in [4.69, 9.17) is 0 Å². The van der Waals surface area contributed by atoms with E-state index in [1.54, 1.807) is 6.20 Å². The van der Waals surface area contributed by atoms with Gasteiger partial charge in [-0.15, -0.1) is 13.2 Å². The van der Waals surface area contributed by atoms with E-state index in [9.17, 15) is 26.4 Å². The molecule has 2 fully saturated rings. The molecule has 34 heavy (non-hydrogen) atoms. The molecule has 2 aromatic rings.